The molecule has 0 fully saturated rings. The van der Waals surface area contributed by atoms with Crippen LogP contribution in [0.2, 0.25) is 5.02 Å². The molecular weight excluding hydrogens is 190 g/mol. The summed E-state index contributed by atoms with van der Waals surface area (Å²) in [5, 5.41) is 2.92. The Bertz CT molecular complexity index is 257. The van der Waals surface area contributed by atoms with Gasteiger partial charge in [-0.2, -0.15) is 0 Å². The van der Waals surface area contributed by atoms with E-state index in [4.69, 9.17) is 17.3 Å². The van der Waals surface area contributed by atoms with Crippen LogP contribution in [0.1, 0.15) is 36.2 Å². The lowest BCUT2D eigenvalue weighted by Gasteiger charge is -2.07. The zero-order chi connectivity index (χ0) is 9.14. The van der Waals surface area contributed by atoms with Crippen LogP contribution in [-0.2, 0) is 0 Å². The Kier molecular flexibility index (Phi) is 3.56. The van der Waals surface area contributed by atoms with Crippen molar-refractivity contribution in [2.75, 3.05) is 0 Å². The Morgan fingerprint density at radius 1 is 1.67 bits per heavy atom. The first kappa shape index (κ1) is 10.0. The van der Waals surface area contributed by atoms with Gasteiger partial charge in [0.25, 0.3) is 0 Å². The normalized spacial score (nSPS) is 13.3. The zero-order valence-electron chi connectivity index (χ0n) is 7.43. The fraction of sp³-hybridized carbons (Fsp3) is 0.556. The van der Waals surface area contributed by atoms with Crippen LogP contribution in [0, 0.1) is 6.92 Å². The molecule has 0 radical (unpaired) electrons. The van der Waals surface area contributed by atoms with Gasteiger partial charge in [0.2, 0.25) is 0 Å². The van der Waals surface area contributed by atoms with E-state index in [1.807, 2.05) is 6.92 Å². The average Bonchev–Trinajstić information content (AvgIpc) is 2.34. The van der Waals surface area contributed by atoms with Crippen LogP contribution in [0.15, 0.2) is 5.38 Å². The van der Waals surface area contributed by atoms with E-state index >= 15 is 0 Å². The Morgan fingerprint density at radius 2 is 2.33 bits per heavy atom. The number of hydrogen-bond acceptors (Lipinski definition) is 2. The molecule has 0 spiro atoms. The quantitative estimate of drug-likeness (QED) is 0.800. The highest BCUT2D eigenvalue weighted by atomic mass is 35.5. The molecule has 0 aliphatic heterocycles. The largest absolute Gasteiger partial charge is 0.323 e. The SMILES string of the molecule is CCC[C@H](N)c1scc(C)c1Cl. The van der Waals surface area contributed by atoms with Crippen molar-refractivity contribution in [3.05, 3.63) is 20.8 Å². The van der Waals surface area contributed by atoms with Gasteiger partial charge in [-0.15, -0.1) is 11.3 Å². The van der Waals surface area contributed by atoms with E-state index in [0.717, 1.165) is 28.3 Å². The van der Waals surface area contributed by atoms with Crippen molar-refractivity contribution in [3.63, 3.8) is 0 Å². The Balaban J connectivity index is 2.80. The molecule has 2 N–H and O–H groups in total. The van der Waals surface area contributed by atoms with Gasteiger partial charge in [-0.1, -0.05) is 24.9 Å². The molecule has 68 valence electrons. The van der Waals surface area contributed by atoms with E-state index in [1.165, 1.54) is 0 Å². The van der Waals surface area contributed by atoms with E-state index in [0.29, 0.717) is 0 Å². The summed E-state index contributed by atoms with van der Waals surface area (Å²) in [6, 6.07) is 0.126. The maximum absolute atomic E-state index is 6.07. The van der Waals surface area contributed by atoms with E-state index in [2.05, 4.69) is 12.3 Å². The molecule has 12 heavy (non-hydrogen) atoms. The van der Waals surface area contributed by atoms with Crippen molar-refractivity contribution < 1.29 is 0 Å². The summed E-state index contributed by atoms with van der Waals surface area (Å²) in [4.78, 5) is 1.14. The third-order valence-electron chi connectivity index (χ3n) is 1.86. The maximum Gasteiger partial charge on any atom is 0.0590 e. The molecule has 1 rings (SSSR count). The number of halogens is 1. The van der Waals surface area contributed by atoms with Gasteiger partial charge in [0.05, 0.1) is 5.02 Å². The van der Waals surface area contributed by atoms with Gasteiger partial charge in [-0.3, -0.25) is 0 Å². The van der Waals surface area contributed by atoms with Crippen molar-refractivity contribution in [2.24, 2.45) is 5.73 Å². The van der Waals surface area contributed by atoms with Gasteiger partial charge in [-0.25, -0.2) is 0 Å². The lowest BCUT2D eigenvalue weighted by molar-refractivity contribution is 0.648. The number of nitrogens with two attached hydrogens (primary N) is 1. The molecule has 0 saturated carbocycles. The van der Waals surface area contributed by atoms with Crippen LogP contribution in [0.5, 0.6) is 0 Å². The van der Waals surface area contributed by atoms with Crippen LogP contribution in [0.25, 0.3) is 0 Å². The van der Waals surface area contributed by atoms with Gasteiger partial charge >= 0.3 is 0 Å². The van der Waals surface area contributed by atoms with Crippen LogP contribution in [0.3, 0.4) is 0 Å². The van der Waals surface area contributed by atoms with E-state index in [-0.39, 0.29) is 6.04 Å². The highest BCUT2D eigenvalue weighted by Crippen LogP contribution is 2.32. The minimum absolute atomic E-state index is 0.126. The molecule has 1 nitrogen and oxygen atoms in total. The van der Waals surface area contributed by atoms with Crippen LogP contribution in [-0.4, -0.2) is 0 Å². The van der Waals surface area contributed by atoms with Gasteiger partial charge in [0.1, 0.15) is 0 Å². The molecule has 0 unspecified atom stereocenters. The minimum Gasteiger partial charge on any atom is -0.323 e. The van der Waals surface area contributed by atoms with Gasteiger partial charge in [-0.05, 0) is 24.3 Å². The number of hydrogen-bond donors (Lipinski definition) is 1. The van der Waals surface area contributed by atoms with Crippen LogP contribution < -0.4 is 5.73 Å². The van der Waals surface area contributed by atoms with E-state index in [9.17, 15) is 0 Å². The zero-order valence-corrected chi connectivity index (χ0v) is 9.00. The Morgan fingerprint density at radius 3 is 2.75 bits per heavy atom. The fourth-order valence-corrected chi connectivity index (χ4v) is 2.51. The summed E-state index contributed by atoms with van der Waals surface area (Å²) in [6.45, 7) is 4.15. The highest BCUT2D eigenvalue weighted by molar-refractivity contribution is 7.10. The summed E-state index contributed by atoms with van der Waals surface area (Å²) in [7, 11) is 0. The first-order valence-corrected chi connectivity index (χ1v) is 5.41. The second kappa shape index (κ2) is 4.26. The smallest absolute Gasteiger partial charge is 0.0590 e. The Hall–Kier alpha value is -0.0500. The molecule has 0 aliphatic rings. The summed E-state index contributed by atoms with van der Waals surface area (Å²) >= 11 is 7.74. The van der Waals surface area contributed by atoms with E-state index < -0.39 is 0 Å². The first-order valence-electron chi connectivity index (χ1n) is 4.15. The van der Waals surface area contributed by atoms with Crippen LogP contribution >= 0.6 is 22.9 Å². The third kappa shape index (κ3) is 2.00. The predicted molar refractivity (Wildman–Crippen MR) is 55.9 cm³/mol. The van der Waals surface area contributed by atoms with Crippen molar-refractivity contribution in [1.82, 2.24) is 0 Å². The fourth-order valence-electron chi connectivity index (χ4n) is 1.14. The average molecular weight is 204 g/mol. The molecule has 1 aromatic rings. The van der Waals surface area contributed by atoms with Crippen LogP contribution in [0.4, 0.5) is 0 Å². The molecule has 1 heterocycles. The van der Waals surface area contributed by atoms with Crippen molar-refractivity contribution in [2.45, 2.75) is 32.7 Å². The monoisotopic (exact) mass is 203 g/mol. The number of rotatable bonds is 3. The highest BCUT2D eigenvalue weighted by Gasteiger charge is 2.12. The number of thiophene rings is 1. The van der Waals surface area contributed by atoms with Gasteiger partial charge in [0.15, 0.2) is 0 Å². The minimum atomic E-state index is 0.126. The second-order valence-corrected chi connectivity index (χ2v) is 4.28. The summed E-state index contributed by atoms with van der Waals surface area (Å²) in [6.07, 6.45) is 2.12. The summed E-state index contributed by atoms with van der Waals surface area (Å²) in [5.41, 5.74) is 7.09. The number of aryl methyl sites for hydroxylation is 1. The van der Waals surface area contributed by atoms with Crippen molar-refractivity contribution in [1.29, 1.82) is 0 Å². The predicted octanol–water partition coefficient (Wildman–Crippen LogP) is 3.51. The lowest BCUT2D eigenvalue weighted by Crippen LogP contribution is -2.08. The van der Waals surface area contributed by atoms with Gasteiger partial charge in [0, 0.05) is 10.9 Å². The third-order valence-corrected chi connectivity index (χ3v) is 3.71. The first-order chi connectivity index (χ1) is 5.66. The topological polar surface area (TPSA) is 26.0 Å². The molecule has 0 aromatic carbocycles. The van der Waals surface area contributed by atoms with E-state index in [1.54, 1.807) is 11.3 Å². The molecule has 1 atom stereocenters. The molecule has 1 aromatic heterocycles. The van der Waals surface area contributed by atoms with Gasteiger partial charge < -0.3 is 5.73 Å². The summed E-state index contributed by atoms with van der Waals surface area (Å²) < 4.78 is 0. The molecule has 0 saturated heterocycles. The molecule has 0 aliphatic carbocycles. The summed E-state index contributed by atoms with van der Waals surface area (Å²) in [5.74, 6) is 0. The molecule has 3 heteroatoms. The van der Waals surface area contributed by atoms with Crippen molar-refractivity contribution >= 4 is 22.9 Å². The molecule has 0 bridgehead atoms. The molecule has 0 amide bonds. The lowest BCUT2D eigenvalue weighted by atomic mass is 10.1. The standard InChI is InChI=1S/C9H14ClNS/c1-3-4-7(11)9-8(10)6(2)5-12-9/h5,7H,3-4,11H2,1-2H3/t7-/m0/s1. The molecular formula is C9H14ClNS. The maximum atomic E-state index is 6.07. The van der Waals surface area contributed by atoms with Crippen molar-refractivity contribution in [3.8, 4) is 0 Å². The second-order valence-electron chi connectivity index (χ2n) is 2.99. The Labute approximate surface area is 82.5 Å².